The molecule has 1 heterocycles. The SMILES string of the molecule is Cc1ccc(C(C)N(O)C(=O)NO)o1. The van der Waals surface area contributed by atoms with Crippen LogP contribution in [0, 0.1) is 6.92 Å². The van der Waals surface area contributed by atoms with Gasteiger partial charge in [-0.15, -0.1) is 0 Å². The van der Waals surface area contributed by atoms with E-state index in [1.54, 1.807) is 26.0 Å². The van der Waals surface area contributed by atoms with Gasteiger partial charge in [0.1, 0.15) is 17.6 Å². The molecule has 0 radical (unpaired) electrons. The van der Waals surface area contributed by atoms with Crippen molar-refractivity contribution in [2.24, 2.45) is 0 Å². The number of carbonyl (C=O) groups excluding carboxylic acids is 1. The van der Waals surface area contributed by atoms with Crippen molar-refractivity contribution in [2.75, 3.05) is 0 Å². The first-order valence-corrected chi connectivity index (χ1v) is 4.04. The van der Waals surface area contributed by atoms with Crippen LogP contribution in [-0.4, -0.2) is 21.5 Å². The van der Waals surface area contributed by atoms with Crippen molar-refractivity contribution >= 4 is 6.03 Å². The summed E-state index contributed by atoms with van der Waals surface area (Å²) in [6, 6.07) is 1.70. The van der Waals surface area contributed by atoms with Crippen LogP contribution in [0.5, 0.6) is 0 Å². The molecule has 1 unspecified atom stereocenters. The van der Waals surface area contributed by atoms with Gasteiger partial charge in [0, 0.05) is 0 Å². The Bertz CT molecular complexity index is 323. The van der Waals surface area contributed by atoms with Gasteiger partial charge in [-0.25, -0.2) is 10.3 Å². The number of nitrogens with one attached hydrogen (secondary N) is 1. The van der Waals surface area contributed by atoms with E-state index in [1.165, 1.54) is 5.48 Å². The van der Waals surface area contributed by atoms with E-state index in [0.717, 1.165) is 0 Å². The molecule has 0 aliphatic heterocycles. The highest BCUT2D eigenvalue weighted by molar-refractivity contribution is 5.71. The molecule has 0 aliphatic rings. The number of nitrogens with zero attached hydrogens (tertiary/aromatic N) is 1. The van der Waals surface area contributed by atoms with E-state index in [1.807, 2.05) is 0 Å². The molecule has 0 saturated carbocycles. The topological polar surface area (TPSA) is 85.9 Å². The second-order valence-electron chi connectivity index (χ2n) is 2.89. The van der Waals surface area contributed by atoms with Crippen molar-refractivity contribution in [1.82, 2.24) is 10.5 Å². The van der Waals surface area contributed by atoms with Gasteiger partial charge < -0.3 is 4.42 Å². The molecule has 0 spiro atoms. The summed E-state index contributed by atoms with van der Waals surface area (Å²) in [5.41, 5.74) is 1.32. The number of furan rings is 1. The van der Waals surface area contributed by atoms with Crippen LogP contribution in [0.1, 0.15) is 24.5 Å². The molecule has 3 N–H and O–H groups in total. The van der Waals surface area contributed by atoms with Gasteiger partial charge in [0.15, 0.2) is 0 Å². The Kier molecular flexibility index (Phi) is 3.10. The third-order valence-electron chi connectivity index (χ3n) is 1.84. The lowest BCUT2D eigenvalue weighted by Crippen LogP contribution is -2.37. The molecule has 1 atom stereocenters. The number of carbonyl (C=O) groups is 1. The predicted molar refractivity (Wildman–Crippen MR) is 45.8 cm³/mol. The van der Waals surface area contributed by atoms with E-state index in [-0.39, 0.29) is 0 Å². The van der Waals surface area contributed by atoms with Gasteiger partial charge in [0.05, 0.1) is 0 Å². The molecule has 0 fully saturated rings. The van der Waals surface area contributed by atoms with Crippen molar-refractivity contribution in [2.45, 2.75) is 19.9 Å². The van der Waals surface area contributed by atoms with Gasteiger partial charge in [-0.1, -0.05) is 0 Å². The number of urea groups is 1. The van der Waals surface area contributed by atoms with Gasteiger partial charge in [0.2, 0.25) is 0 Å². The van der Waals surface area contributed by atoms with Crippen LogP contribution in [0.2, 0.25) is 0 Å². The van der Waals surface area contributed by atoms with Gasteiger partial charge in [0.25, 0.3) is 0 Å². The molecule has 1 aromatic rings. The first kappa shape index (κ1) is 10.6. The highest BCUT2D eigenvalue weighted by Gasteiger charge is 2.21. The van der Waals surface area contributed by atoms with E-state index in [2.05, 4.69) is 0 Å². The molecule has 6 heteroatoms. The van der Waals surface area contributed by atoms with Crippen LogP contribution in [0.3, 0.4) is 0 Å². The van der Waals surface area contributed by atoms with Crippen molar-refractivity contribution in [3.63, 3.8) is 0 Å². The van der Waals surface area contributed by atoms with Crippen molar-refractivity contribution < 1.29 is 19.6 Å². The van der Waals surface area contributed by atoms with Crippen molar-refractivity contribution in [3.8, 4) is 0 Å². The lowest BCUT2D eigenvalue weighted by molar-refractivity contribution is -0.0892. The molecule has 0 bridgehead atoms. The zero-order valence-electron chi connectivity index (χ0n) is 7.89. The van der Waals surface area contributed by atoms with Gasteiger partial charge >= 0.3 is 6.03 Å². The Hall–Kier alpha value is -1.53. The second-order valence-corrected chi connectivity index (χ2v) is 2.89. The molecule has 2 amide bonds. The Morgan fingerprint density at radius 3 is 2.71 bits per heavy atom. The monoisotopic (exact) mass is 200 g/mol. The highest BCUT2D eigenvalue weighted by Crippen LogP contribution is 2.20. The summed E-state index contributed by atoms with van der Waals surface area (Å²) in [6.45, 7) is 3.32. The summed E-state index contributed by atoms with van der Waals surface area (Å²) in [4.78, 5) is 10.8. The van der Waals surface area contributed by atoms with Gasteiger partial charge in [-0.2, -0.15) is 5.06 Å². The summed E-state index contributed by atoms with van der Waals surface area (Å²) in [7, 11) is 0. The molecule has 0 aromatic carbocycles. The number of hydrogen-bond donors (Lipinski definition) is 3. The summed E-state index contributed by atoms with van der Waals surface area (Å²) in [6.07, 6.45) is 0. The lowest BCUT2D eigenvalue weighted by Gasteiger charge is -2.19. The summed E-state index contributed by atoms with van der Waals surface area (Å²) in [5.74, 6) is 1.12. The van der Waals surface area contributed by atoms with E-state index in [9.17, 15) is 10.0 Å². The molecule has 14 heavy (non-hydrogen) atoms. The maximum atomic E-state index is 10.8. The zero-order valence-corrected chi connectivity index (χ0v) is 7.89. The predicted octanol–water partition coefficient (Wildman–Crippen LogP) is 1.44. The number of hydroxylamine groups is 3. The van der Waals surface area contributed by atoms with Crippen LogP contribution in [0.15, 0.2) is 16.5 Å². The minimum absolute atomic E-state index is 0.346. The highest BCUT2D eigenvalue weighted by atomic mass is 16.5. The quantitative estimate of drug-likeness (QED) is 0.498. The largest absolute Gasteiger partial charge is 0.464 e. The second kappa shape index (κ2) is 4.12. The van der Waals surface area contributed by atoms with Crippen LogP contribution in [0.25, 0.3) is 0 Å². The minimum atomic E-state index is -1.01. The average Bonchev–Trinajstić information content (AvgIpc) is 2.61. The lowest BCUT2D eigenvalue weighted by atomic mass is 10.2. The smallest absolute Gasteiger partial charge is 0.365 e. The molecule has 78 valence electrons. The van der Waals surface area contributed by atoms with E-state index in [4.69, 9.17) is 9.62 Å². The maximum absolute atomic E-state index is 10.8. The number of amides is 2. The van der Waals surface area contributed by atoms with Crippen LogP contribution in [-0.2, 0) is 0 Å². The van der Waals surface area contributed by atoms with Crippen molar-refractivity contribution in [3.05, 3.63) is 23.7 Å². The van der Waals surface area contributed by atoms with E-state index >= 15 is 0 Å². The first-order valence-electron chi connectivity index (χ1n) is 4.04. The number of rotatable bonds is 2. The van der Waals surface area contributed by atoms with E-state index < -0.39 is 12.1 Å². The summed E-state index contributed by atoms with van der Waals surface area (Å²) >= 11 is 0. The maximum Gasteiger partial charge on any atom is 0.365 e. The summed E-state index contributed by atoms with van der Waals surface area (Å²) < 4.78 is 5.20. The Labute approximate surface area is 80.7 Å². The fourth-order valence-corrected chi connectivity index (χ4v) is 1.03. The van der Waals surface area contributed by atoms with Crippen molar-refractivity contribution in [1.29, 1.82) is 0 Å². The normalized spacial score (nSPS) is 12.3. The summed E-state index contributed by atoms with van der Waals surface area (Å²) in [5, 5.41) is 17.9. The zero-order chi connectivity index (χ0) is 10.7. The first-order chi connectivity index (χ1) is 6.56. The number of aryl methyl sites for hydroxylation is 1. The molecule has 0 saturated heterocycles. The molecule has 1 aromatic heterocycles. The van der Waals surface area contributed by atoms with Crippen LogP contribution >= 0.6 is 0 Å². The Balaban J connectivity index is 2.74. The molecule has 1 rings (SSSR count). The third kappa shape index (κ3) is 2.04. The Morgan fingerprint density at radius 2 is 2.29 bits per heavy atom. The molecule has 6 nitrogen and oxygen atoms in total. The molecule has 0 aliphatic carbocycles. The third-order valence-corrected chi connectivity index (χ3v) is 1.84. The van der Waals surface area contributed by atoms with Gasteiger partial charge in [-0.3, -0.25) is 10.4 Å². The molecular weight excluding hydrogens is 188 g/mol. The van der Waals surface area contributed by atoms with E-state index in [0.29, 0.717) is 16.6 Å². The fourth-order valence-electron chi connectivity index (χ4n) is 1.03. The van der Waals surface area contributed by atoms with Gasteiger partial charge in [-0.05, 0) is 26.0 Å². The standard InChI is InChI=1S/C8H12N2O4/c1-5-3-4-7(14-5)6(2)10(13)8(11)9-12/h3-4,6,12-13H,1-2H3,(H,9,11). The molecular formula is C8H12N2O4. The Morgan fingerprint density at radius 1 is 1.64 bits per heavy atom. The number of hydrogen-bond acceptors (Lipinski definition) is 4. The van der Waals surface area contributed by atoms with Crippen LogP contribution in [0.4, 0.5) is 4.79 Å². The van der Waals surface area contributed by atoms with Crippen LogP contribution < -0.4 is 5.48 Å². The fraction of sp³-hybridized carbons (Fsp3) is 0.375. The average molecular weight is 200 g/mol. The minimum Gasteiger partial charge on any atom is -0.464 e.